The van der Waals surface area contributed by atoms with Gasteiger partial charge in [-0.1, -0.05) is 24.2 Å². The summed E-state index contributed by atoms with van der Waals surface area (Å²) in [7, 11) is -2.23. The molecule has 1 N–H and O–H groups in total. The van der Waals surface area contributed by atoms with Gasteiger partial charge in [-0.2, -0.15) is 0 Å². The molecule has 0 spiro atoms. The van der Waals surface area contributed by atoms with Crippen LogP contribution in [-0.4, -0.2) is 21.3 Å². The van der Waals surface area contributed by atoms with Gasteiger partial charge in [0.05, 0.1) is 12.9 Å². The average molecular weight is 308 g/mol. The molecular formula is C12H15ClFNO3S. The normalized spacial score (nSPS) is 13.1. The second-order valence-corrected chi connectivity index (χ2v) is 6.30. The number of hydrogen-bond donors (Lipinski definition) is 1. The molecule has 0 aliphatic heterocycles. The standard InChI is InChI=1S/C12H15ClFNO3S/c1-8(13)7-19(16,17)15-9(2)10-4-5-11(14)12(6-10)18-3/h4-6,9,15H,1,7H2,2-3H3/t9-/m0/s1. The van der Waals surface area contributed by atoms with Crippen LogP contribution in [0.5, 0.6) is 5.75 Å². The molecule has 106 valence electrons. The van der Waals surface area contributed by atoms with Crippen molar-refractivity contribution in [2.75, 3.05) is 12.9 Å². The first-order chi connectivity index (χ1) is 8.75. The van der Waals surface area contributed by atoms with Crippen molar-refractivity contribution in [2.45, 2.75) is 13.0 Å². The van der Waals surface area contributed by atoms with E-state index in [4.69, 9.17) is 16.3 Å². The zero-order valence-corrected chi connectivity index (χ0v) is 12.2. The van der Waals surface area contributed by atoms with Crippen LogP contribution in [0.3, 0.4) is 0 Å². The predicted octanol–water partition coefficient (Wildman–Crippen LogP) is 2.57. The molecule has 7 heteroatoms. The number of ether oxygens (including phenoxy) is 1. The van der Waals surface area contributed by atoms with Crippen LogP contribution in [0.25, 0.3) is 0 Å². The zero-order valence-electron chi connectivity index (χ0n) is 10.6. The van der Waals surface area contributed by atoms with Crippen molar-refractivity contribution < 1.29 is 17.5 Å². The van der Waals surface area contributed by atoms with E-state index in [0.29, 0.717) is 5.56 Å². The summed E-state index contributed by atoms with van der Waals surface area (Å²) in [6.45, 7) is 4.98. The SMILES string of the molecule is C=C(Cl)CS(=O)(=O)N[C@@H](C)c1ccc(F)c(OC)c1. The average Bonchev–Trinajstić information content (AvgIpc) is 2.26. The Morgan fingerprint density at radius 2 is 2.21 bits per heavy atom. The molecular weight excluding hydrogens is 293 g/mol. The molecule has 1 aromatic carbocycles. The van der Waals surface area contributed by atoms with Crippen molar-refractivity contribution in [3.63, 3.8) is 0 Å². The van der Waals surface area contributed by atoms with E-state index in [9.17, 15) is 12.8 Å². The van der Waals surface area contributed by atoms with E-state index in [1.807, 2.05) is 0 Å². The van der Waals surface area contributed by atoms with Crippen molar-refractivity contribution >= 4 is 21.6 Å². The fourth-order valence-corrected chi connectivity index (χ4v) is 3.13. The maximum Gasteiger partial charge on any atom is 0.217 e. The minimum atomic E-state index is -3.57. The summed E-state index contributed by atoms with van der Waals surface area (Å²) < 4.78 is 43.9. The highest BCUT2D eigenvalue weighted by Crippen LogP contribution is 2.23. The molecule has 0 amide bonds. The highest BCUT2D eigenvalue weighted by Gasteiger charge is 2.17. The highest BCUT2D eigenvalue weighted by atomic mass is 35.5. The molecule has 0 saturated carbocycles. The second kappa shape index (κ2) is 6.36. The smallest absolute Gasteiger partial charge is 0.217 e. The molecule has 4 nitrogen and oxygen atoms in total. The Morgan fingerprint density at radius 3 is 2.74 bits per heavy atom. The fraction of sp³-hybridized carbons (Fsp3) is 0.333. The first-order valence-corrected chi connectivity index (χ1v) is 7.45. The Labute approximate surface area is 117 Å². The van der Waals surface area contributed by atoms with Gasteiger partial charge in [-0.05, 0) is 24.6 Å². The monoisotopic (exact) mass is 307 g/mol. The first-order valence-electron chi connectivity index (χ1n) is 5.42. The van der Waals surface area contributed by atoms with Gasteiger partial charge in [0.2, 0.25) is 10.0 Å². The summed E-state index contributed by atoms with van der Waals surface area (Å²) in [5.41, 5.74) is 0.585. The number of benzene rings is 1. The molecule has 1 rings (SSSR count). The van der Waals surface area contributed by atoms with Crippen molar-refractivity contribution in [3.8, 4) is 5.75 Å². The van der Waals surface area contributed by atoms with Gasteiger partial charge in [-0.15, -0.1) is 0 Å². The summed E-state index contributed by atoms with van der Waals surface area (Å²) in [5, 5.41) is 0.0244. The Kier molecular flexibility index (Phi) is 5.34. The van der Waals surface area contributed by atoms with E-state index in [2.05, 4.69) is 11.3 Å². The molecule has 0 bridgehead atoms. The van der Waals surface area contributed by atoms with Gasteiger partial charge in [-0.3, -0.25) is 0 Å². The van der Waals surface area contributed by atoms with Gasteiger partial charge in [0, 0.05) is 11.1 Å². The minimum Gasteiger partial charge on any atom is -0.494 e. The molecule has 1 aromatic rings. The summed E-state index contributed by atoms with van der Waals surface area (Å²) in [6.07, 6.45) is 0. The van der Waals surface area contributed by atoms with E-state index in [1.165, 1.54) is 25.3 Å². The molecule has 1 atom stereocenters. The van der Waals surface area contributed by atoms with Crippen molar-refractivity contribution in [1.82, 2.24) is 4.72 Å². The van der Waals surface area contributed by atoms with Crippen LogP contribution >= 0.6 is 11.6 Å². The van der Waals surface area contributed by atoms with E-state index in [-0.39, 0.29) is 16.5 Å². The first kappa shape index (κ1) is 15.9. The molecule has 0 aliphatic carbocycles. The molecule has 0 fully saturated rings. The molecule has 0 aromatic heterocycles. The molecule has 0 heterocycles. The molecule has 0 radical (unpaired) electrons. The van der Waals surface area contributed by atoms with E-state index < -0.39 is 21.9 Å². The van der Waals surface area contributed by atoms with Gasteiger partial charge in [0.25, 0.3) is 0 Å². The second-order valence-electron chi connectivity index (χ2n) is 4.01. The highest BCUT2D eigenvalue weighted by molar-refractivity contribution is 7.89. The Bertz CT molecular complexity index is 574. The Balaban J connectivity index is 2.89. The van der Waals surface area contributed by atoms with Crippen LogP contribution in [0.15, 0.2) is 29.8 Å². The van der Waals surface area contributed by atoms with Gasteiger partial charge in [0.15, 0.2) is 11.6 Å². The summed E-state index contributed by atoms with van der Waals surface area (Å²) in [4.78, 5) is 0. The van der Waals surface area contributed by atoms with Crippen molar-refractivity contribution in [2.24, 2.45) is 0 Å². The van der Waals surface area contributed by atoms with Crippen LogP contribution in [0.1, 0.15) is 18.5 Å². The van der Waals surface area contributed by atoms with E-state index >= 15 is 0 Å². The van der Waals surface area contributed by atoms with E-state index in [1.54, 1.807) is 6.92 Å². The number of nitrogens with one attached hydrogen (secondary N) is 1. The maximum atomic E-state index is 13.3. The summed E-state index contributed by atoms with van der Waals surface area (Å²) in [5.74, 6) is -0.808. The molecule has 0 saturated heterocycles. The Morgan fingerprint density at radius 1 is 1.58 bits per heavy atom. The van der Waals surface area contributed by atoms with Crippen molar-refractivity contribution in [3.05, 3.63) is 41.2 Å². The topological polar surface area (TPSA) is 55.4 Å². The zero-order chi connectivity index (χ0) is 14.6. The lowest BCUT2D eigenvalue weighted by atomic mass is 10.1. The van der Waals surface area contributed by atoms with Crippen LogP contribution in [-0.2, 0) is 10.0 Å². The predicted molar refractivity (Wildman–Crippen MR) is 73.3 cm³/mol. The quantitative estimate of drug-likeness (QED) is 0.879. The summed E-state index contributed by atoms with van der Waals surface area (Å²) >= 11 is 5.48. The van der Waals surface area contributed by atoms with Crippen LogP contribution in [0, 0.1) is 5.82 Å². The molecule has 0 unspecified atom stereocenters. The molecule has 19 heavy (non-hydrogen) atoms. The Hall–Kier alpha value is -1.11. The summed E-state index contributed by atoms with van der Waals surface area (Å²) in [6, 6.07) is 3.62. The van der Waals surface area contributed by atoms with Gasteiger partial charge in [-0.25, -0.2) is 17.5 Å². The lowest BCUT2D eigenvalue weighted by Crippen LogP contribution is -2.29. The minimum absolute atomic E-state index is 0.0244. The third-order valence-corrected chi connectivity index (χ3v) is 4.11. The van der Waals surface area contributed by atoms with Gasteiger partial charge in [0.1, 0.15) is 0 Å². The maximum absolute atomic E-state index is 13.3. The largest absolute Gasteiger partial charge is 0.494 e. The van der Waals surface area contributed by atoms with Gasteiger partial charge >= 0.3 is 0 Å². The van der Waals surface area contributed by atoms with Crippen LogP contribution in [0.2, 0.25) is 0 Å². The number of methoxy groups -OCH3 is 1. The third-order valence-electron chi connectivity index (χ3n) is 2.38. The number of rotatable bonds is 6. The number of sulfonamides is 1. The van der Waals surface area contributed by atoms with Crippen molar-refractivity contribution in [1.29, 1.82) is 0 Å². The van der Waals surface area contributed by atoms with Crippen LogP contribution in [0.4, 0.5) is 4.39 Å². The van der Waals surface area contributed by atoms with E-state index in [0.717, 1.165) is 0 Å². The number of hydrogen-bond acceptors (Lipinski definition) is 3. The lowest BCUT2D eigenvalue weighted by Gasteiger charge is -2.15. The van der Waals surface area contributed by atoms with Gasteiger partial charge < -0.3 is 4.74 Å². The molecule has 0 aliphatic rings. The fourth-order valence-electron chi connectivity index (χ4n) is 1.53. The number of halogens is 2. The third kappa shape index (κ3) is 4.81. The lowest BCUT2D eigenvalue weighted by molar-refractivity contribution is 0.385. The van der Waals surface area contributed by atoms with Crippen LogP contribution < -0.4 is 9.46 Å².